The molecule has 1 saturated heterocycles. The van der Waals surface area contributed by atoms with Gasteiger partial charge >= 0.3 is 6.18 Å². The number of rotatable bonds is 4. The Morgan fingerprint density at radius 2 is 1.74 bits per heavy atom. The van der Waals surface area contributed by atoms with E-state index in [1.807, 2.05) is 31.2 Å². The van der Waals surface area contributed by atoms with Gasteiger partial charge in [-0.05, 0) is 36.8 Å². The summed E-state index contributed by atoms with van der Waals surface area (Å²) in [6, 6.07) is 12.1. The van der Waals surface area contributed by atoms with Crippen LogP contribution in [0.3, 0.4) is 0 Å². The predicted molar refractivity (Wildman–Crippen MR) is 94.8 cm³/mol. The Bertz CT molecular complexity index is 830. The molecule has 0 aromatic heterocycles. The van der Waals surface area contributed by atoms with Gasteiger partial charge in [0.25, 0.3) is 0 Å². The number of hydrogen-bond donors (Lipinski definition) is 1. The highest BCUT2D eigenvalue weighted by Gasteiger charge is 2.34. The van der Waals surface area contributed by atoms with Gasteiger partial charge in [0.1, 0.15) is 0 Å². The maximum Gasteiger partial charge on any atom is 0.416 e. The van der Waals surface area contributed by atoms with E-state index < -0.39 is 17.7 Å². The molecule has 2 amide bonds. The van der Waals surface area contributed by atoms with Crippen molar-refractivity contribution in [2.75, 3.05) is 11.9 Å². The van der Waals surface area contributed by atoms with Crippen LogP contribution in [-0.2, 0) is 22.3 Å². The highest BCUT2D eigenvalue weighted by atomic mass is 19.4. The average molecular weight is 376 g/mol. The summed E-state index contributed by atoms with van der Waals surface area (Å²) in [5, 5.41) is 2.59. The number of anilines is 1. The van der Waals surface area contributed by atoms with Gasteiger partial charge in [-0.2, -0.15) is 13.2 Å². The second kappa shape index (κ2) is 7.42. The maximum atomic E-state index is 12.6. The van der Waals surface area contributed by atoms with Gasteiger partial charge in [-0.15, -0.1) is 0 Å². The largest absolute Gasteiger partial charge is 0.416 e. The van der Waals surface area contributed by atoms with Gasteiger partial charge in [0.2, 0.25) is 11.8 Å². The molecule has 1 N–H and O–H groups in total. The molecule has 1 aliphatic heterocycles. The van der Waals surface area contributed by atoms with E-state index in [-0.39, 0.29) is 23.9 Å². The third-order valence-corrected chi connectivity index (χ3v) is 4.56. The Morgan fingerprint density at radius 3 is 2.33 bits per heavy atom. The van der Waals surface area contributed by atoms with Crippen LogP contribution in [0.1, 0.15) is 23.1 Å². The van der Waals surface area contributed by atoms with Crippen molar-refractivity contribution in [1.29, 1.82) is 0 Å². The molecule has 3 rings (SSSR count). The molecular formula is C20H19F3N2O2. The molecule has 27 heavy (non-hydrogen) atoms. The number of nitrogens with zero attached hydrogens (tertiary/aromatic N) is 1. The van der Waals surface area contributed by atoms with Crippen molar-refractivity contribution in [2.24, 2.45) is 5.92 Å². The standard InChI is InChI=1S/C20H19F3N2O2/c1-13-2-4-14(5-3-13)11-25-12-15(10-18(25)26)19(27)24-17-8-6-16(7-9-17)20(21,22)23/h2-9,15H,10-12H2,1H3,(H,24,27). The molecule has 1 aliphatic rings. The molecule has 4 nitrogen and oxygen atoms in total. The zero-order chi connectivity index (χ0) is 19.6. The van der Waals surface area contributed by atoms with Crippen LogP contribution in [0.4, 0.5) is 18.9 Å². The lowest BCUT2D eigenvalue weighted by Crippen LogP contribution is -2.28. The van der Waals surface area contributed by atoms with Crippen LogP contribution in [0.15, 0.2) is 48.5 Å². The lowest BCUT2D eigenvalue weighted by atomic mass is 10.1. The van der Waals surface area contributed by atoms with Crippen LogP contribution in [0.2, 0.25) is 0 Å². The number of hydrogen-bond acceptors (Lipinski definition) is 2. The van der Waals surface area contributed by atoms with Gasteiger partial charge in [-0.25, -0.2) is 0 Å². The first-order valence-corrected chi connectivity index (χ1v) is 8.54. The minimum atomic E-state index is -4.42. The Balaban J connectivity index is 1.59. The number of carbonyl (C=O) groups excluding carboxylic acids is 2. The molecule has 2 aromatic carbocycles. The van der Waals surface area contributed by atoms with E-state index in [0.717, 1.165) is 23.3 Å². The van der Waals surface area contributed by atoms with Crippen LogP contribution >= 0.6 is 0 Å². The third kappa shape index (κ3) is 4.67. The molecule has 142 valence electrons. The maximum absolute atomic E-state index is 12.6. The summed E-state index contributed by atoms with van der Waals surface area (Å²) in [5.41, 5.74) is 1.61. The Hall–Kier alpha value is -2.83. The number of aryl methyl sites for hydroxylation is 1. The first-order valence-electron chi connectivity index (χ1n) is 8.54. The summed E-state index contributed by atoms with van der Waals surface area (Å²) in [5.74, 6) is -0.997. The van der Waals surface area contributed by atoms with Crippen LogP contribution in [0.25, 0.3) is 0 Å². The predicted octanol–water partition coefficient (Wildman–Crippen LogP) is 4.00. The fraction of sp³-hybridized carbons (Fsp3) is 0.300. The van der Waals surface area contributed by atoms with Crippen molar-refractivity contribution < 1.29 is 22.8 Å². The molecule has 0 radical (unpaired) electrons. The number of nitrogens with one attached hydrogen (secondary N) is 1. The minimum Gasteiger partial charge on any atom is -0.338 e. The third-order valence-electron chi connectivity index (χ3n) is 4.56. The molecule has 2 aromatic rings. The van der Waals surface area contributed by atoms with Crippen molar-refractivity contribution in [3.8, 4) is 0 Å². The molecule has 0 spiro atoms. The highest BCUT2D eigenvalue weighted by molar-refractivity contribution is 5.97. The van der Waals surface area contributed by atoms with Crippen LogP contribution < -0.4 is 5.32 Å². The van der Waals surface area contributed by atoms with E-state index in [0.29, 0.717) is 13.1 Å². The molecule has 1 fully saturated rings. The quantitative estimate of drug-likeness (QED) is 0.877. The van der Waals surface area contributed by atoms with Crippen molar-refractivity contribution in [3.05, 3.63) is 65.2 Å². The number of carbonyl (C=O) groups is 2. The summed E-state index contributed by atoms with van der Waals surface area (Å²) in [6.07, 6.45) is -4.32. The van der Waals surface area contributed by atoms with E-state index in [9.17, 15) is 22.8 Å². The van der Waals surface area contributed by atoms with Crippen molar-refractivity contribution in [2.45, 2.75) is 26.1 Å². The van der Waals surface area contributed by atoms with Gasteiger partial charge in [0, 0.05) is 25.2 Å². The first kappa shape index (κ1) is 18.9. The Morgan fingerprint density at radius 1 is 1.11 bits per heavy atom. The molecular weight excluding hydrogens is 357 g/mol. The number of benzene rings is 2. The van der Waals surface area contributed by atoms with Crippen molar-refractivity contribution >= 4 is 17.5 Å². The van der Waals surface area contributed by atoms with Gasteiger partial charge < -0.3 is 10.2 Å². The van der Waals surface area contributed by atoms with Crippen molar-refractivity contribution in [1.82, 2.24) is 4.90 Å². The normalized spacial score (nSPS) is 17.3. The lowest BCUT2D eigenvalue weighted by Gasteiger charge is -2.17. The van der Waals surface area contributed by atoms with E-state index in [1.54, 1.807) is 4.90 Å². The van der Waals surface area contributed by atoms with Gasteiger partial charge in [0.15, 0.2) is 0 Å². The number of alkyl halides is 3. The lowest BCUT2D eigenvalue weighted by molar-refractivity contribution is -0.137. The van der Waals surface area contributed by atoms with Gasteiger partial charge in [-0.3, -0.25) is 9.59 Å². The zero-order valence-electron chi connectivity index (χ0n) is 14.7. The summed E-state index contributed by atoms with van der Waals surface area (Å²) in [6.45, 7) is 2.70. The molecule has 1 atom stereocenters. The number of halogens is 3. The fourth-order valence-electron chi connectivity index (χ4n) is 3.00. The highest BCUT2D eigenvalue weighted by Crippen LogP contribution is 2.30. The molecule has 0 bridgehead atoms. The Kier molecular flexibility index (Phi) is 5.21. The fourth-order valence-corrected chi connectivity index (χ4v) is 3.00. The molecule has 0 saturated carbocycles. The summed E-state index contributed by atoms with van der Waals surface area (Å²) in [7, 11) is 0. The average Bonchev–Trinajstić information content (AvgIpc) is 2.97. The minimum absolute atomic E-state index is 0.0956. The Labute approximate surface area is 155 Å². The molecule has 7 heteroatoms. The monoisotopic (exact) mass is 376 g/mol. The van der Waals surface area contributed by atoms with E-state index in [2.05, 4.69) is 5.32 Å². The van der Waals surface area contributed by atoms with E-state index >= 15 is 0 Å². The smallest absolute Gasteiger partial charge is 0.338 e. The number of likely N-dealkylation sites (tertiary alicyclic amines) is 1. The first-order chi connectivity index (χ1) is 12.7. The summed E-state index contributed by atoms with van der Waals surface area (Å²) >= 11 is 0. The summed E-state index contributed by atoms with van der Waals surface area (Å²) < 4.78 is 37.8. The van der Waals surface area contributed by atoms with E-state index in [4.69, 9.17) is 0 Å². The molecule has 1 heterocycles. The van der Waals surface area contributed by atoms with Crippen molar-refractivity contribution in [3.63, 3.8) is 0 Å². The number of amides is 2. The molecule has 0 aliphatic carbocycles. The SMILES string of the molecule is Cc1ccc(CN2CC(C(=O)Nc3ccc(C(F)(F)F)cc3)CC2=O)cc1. The second-order valence-electron chi connectivity index (χ2n) is 6.73. The van der Waals surface area contributed by atoms with Crippen LogP contribution in [-0.4, -0.2) is 23.3 Å². The second-order valence-corrected chi connectivity index (χ2v) is 6.73. The summed E-state index contributed by atoms with van der Waals surface area (Å²) in [4.78, 5) is 26.2. The van der Waals surface area contributed by atoms with E-state index in [1.165, 1.54) is 12.1 Å². The van der Waals surface area contributed by atoms with Crippen LogP contribution in [0.5, 0.6) is 0 Å². The topological polar surface area (TPSA) is 49.4 Å². The zero-order valence-corrected chi connectivity index (χ0v) is 14.7. The molecule has 1 unspecified atom stereocenters. The van der Waals surface area contributed by atoms with Gasteiger partial charge in [-0.1, -0.05) is 29.8 Å². The van der Waals surface area contributed by atoms with Crippen LogP contribution in [0, 0.1) is 12.8 Å². The van der Waals surface area contributed by atoms with Gasteiger partial charge in [0.05, 0.1) is 11.5 Å².